The molecule has 0 aliphatic carbocycles. The van der Waals surface area contributed by atoms with Gasteiger partial charge < -0.3 is 15.2 Å². The standard InChI is InChI=1S/C19H16N4O2/c1-24-15-11-21-17(16-18(15)22-23-19(16)20)12-7-9-14(10-8-12)25-13-5-3-2-4-6-13/h2-11H,1H3,(H3,20,22,23). The Morgan fingerprint density at radius 3 is 2.40 bits per heavy atom. The van der Waals surface area contributed by atoms with Crippen LogP contribution in [0.1, 0.15) is 0 Å². The van der Waals surface area contributed by atoms with Gasteiger partial charge in [-0.25, -0.2) is 0 Å². The molecule has 2 aromatic heterocycles. The van der Waals surface area contributed by atoms with E-state index in [4.69, 9.17) is 15.2 Å². The summed E-state index contributed by atoms with van der Waals surface area (Å²) in [5.74, 6) is 2.53. The maximum Gasteiger partial charge on any atom is 0.162 e. The number of aromatic nitrogens is 3. The lowest BCUT2D eigenvalue weighted by Crippen LogP contribution is -1.92. The van der Waals surface area contributed by atoms with Crippen LogP contribution in [0.3, 0.4) is 0 Å². The Morgan fingerprint density at radius 2 is 1.68 bits per heavy atom. The Hall–Kier alpha value is -3.54. The number of nitrogen functional groups attached to an aromatic ring is 1. The number of nitrogens with two attached hydrogens (primary N) is 1. The van der Waals surface area contributed by atoms with Crippen molar-refractivity contribution >= 4 is 16.7 Å². The lowest BCUT2D eigenvalue weighted by Gasteiger charge is -2.08. The summed E-state index contributed by atoms with van der Waals surface area (Å²) in [7, 11) is 1.59. The number of pyridine rings is 1. The fourth-order valence-corrected chi connectivity index (χ4v) is 2.71. The largest absolute Gasteiger partial charge is 0.493 e. The van der Waals surface area contributed by atoms with Gasteiger partial charge in [0, 0.05) is 5.56 Å². The van der Waals surface area contributed by atoms with Gasteiger partial charge in [0.15, 0.2) is 11.6 Å². The topological polar surface area (TPSA) is 86.1 Å². The Morgan fingerprint density at radius 1 is 0.960 bits per heavy atom. The van der Waals surface area contributed by atoms with Crippen molar-refractivity contribution in [3.05, 3.63) is 60.8 Å². The summed E-state index contributed by atoms with van der Waals surface area (Å²) >= 11 is 0. The number of anilines is 1. The number of H-pyrrole nitrogens is 1. The molecule has 0 spiro atoms. The van der Waals surface area contributed by atoms with E-state index in [0.717, 1.165) is 33.7 Å². The average molecular weight is 332 g/mol. The van der Waals surface area contributed by atoms with Crippen LogP contribution in [0.15, 0.2) is 60.8 Å². The van der Waals surface area contributed by atoms with Crippen molar-refractivity contribution in [1.82, 2.24) is 15.2 Å². The first-order valence-corrected chi connectivity index (χ1v) is 7.76. The molecule has 3 N–H and O–H groups in total. The number of fused-ring (bicyclic) bond motifs is 1. The molecule has 0 bridgehead atoms. The molecular weight excluding hydrogens is 316 g/mol. The molecular formula is C19H16N4O2. The van der Waals surface area contributed by atoms with E-state index in [1.165, 1.54) is 0 Å². The van der Waals surface area contributed by atoms with Crippen LogP contribution >= 0.6 is 0 Å². The molecule has 0 fully saturated rings. The van der Waals surface area contributed by atoms with Crippen LogP contribution < -0.4 is 15.2 Å². The molecule has 0 amide bonds. The highest BCUT2D eigenvalue weighted by atomic mass is 16.5. The summed E-state index contributed by atoms with van der Waals surface area (Å²) < 4.78 is 11.1. The number of hydrogen-bond acceptors (Lipinski definition) is 5. The van der Waals surface area contributed by atoms with Crippen molar-refractivity contribution in [3.8, 4) is 28.5 Å². The van der Waals surface area contributed by atoms with E-state index >= 15 is 0 Å². The van der Waals surface area contributed by atoms with Gasteiger partial charge in [-0.2, -0.15) is 5.10 Å². The molecule has 6 heteroatoms. The molecule has 0 aliphatic rings. The minimum absolute atomic E-state index is 0.390. The van der Waals surface area contributed by atoms with Crippen molar-refractivity contribution in [3.63, 3.8) is 0 Å². The van der Waals surface area contributed by atoms with E-state index in [9.17, 15) is 0 Å². The minimum atomic E-state index is 0.390. The smallest absolute Gasteiger partial charge is 0.162 e. The third-order valence-electron chi connectivity index (χ3n) is 3.91. The molecule has 2 heterocycles. The summed E-state index contributed by atoms with van der Waals surface area (Å²) in [6, 6.07) is 17.3. The molecule has 0 aliphatic heterocycles. The molecule has 4 rings (SSSR count). The van der Waals surface area contributed by atoms with E-state index in [0.29, 0.717) is 11.6 Å². The summed E-state index contributed by atoms with van der Waals surface area (Å²) in [4.78, 5) is 4.49. The molecule has 0 saturated heterocycles. The first-order chi connectivity index (χ1) is 12.3. The van der Waals surface area contributed by atoms with Gasteiger partial charge in [0.2, 0.25) is 0 Å². The highest BCUT2D eigenvalue weighted by Crippen LogP contribution is 2.35. The van der Waals surface area contributed by atoms with Gasteiger partial charge in [0.05, 0.1) is 24.4 Å². The van der Waals surface area contributed by atoms with Crippen molar-refractivity contribution in [1.29, 1.82) is 0 Å². The van der Waals surface area contributed by atoms with Crippen LogP contribution in [-0.2, 0) is 0 Å². The van der Waals surface area contributed by atoms with E-state index in [-0.39, 0.29) is 0 Å². The number of para-hydroxylation sites is 1. The number of nitrogens with one attached hydrogen (secondary N) is 1. The maximum atomic E-state index is 6.01. The molecule has 124 valence electrons. The van der Waals surface area contributed by atoms with Crippen molar-refractivity contribution in [2.45, 2.75) is 0 Å². The number of benzene rings is 2. The molecule has 6 nitrogen and oxygen atoms in total. The number of hydrogen-bond donors (Lipinski definition) is 2. The van der Waals surface area contributed by atoms with Crippen LogP contribution in [0.5, 0.6) is 17.2 Å². The van der Waals surface area contributed by atoms with Gasteiger partial charge in [-0.05, 0) is 36.4 Å². The van der Waals surface area contributed by atoms with Crippen LogP contribution in [0.25, 0.3) is 22.2 Å². The predicted octanol–water partition coefficient (Wildman–Crippen LogP) is 4.01. The number of rotatable bonds is 4. The first kappa shape index (κ1) is 15.0. The van der Waals surface area contributed by atoms with Crippen LogP contribution in [0.4, 0.5) is 5.82 Å². The fraction of sp³-hybridized carbons (Fsp3) is 0.0526. The lowest BCUT2D eigenvalue weighted by molar-refractivity contribution is 0.417. The first-order valence-electron chi connectivity index (χ1n) is 7.76. The van der Waals surface area contributed by atoms with Gasteiger partial charge in [0.1, 0.15) is 17.0 Å². The number of ether oxygens (including phenoxy) is 2. The molecule has 4 aromatic rings. The lowest BCUT2D eigenvalue weighted by atomic mass is 10.1. The molecule has 0 saturated carbocycles. The fourth-order valence-electron chi connectivity index (χ4n) is 2.71. The van der Waals surface area contributed by atoms with Gasteiger partial charge in [-0.1, -0.05) is 18.2 Å². The minimum Gasteiger partial charge on any atom is -0.493 e. The van der Waals surface area contributed by atoms with Crippen LogP contribution in [0.2, 0.25) is 0 Å². The maximum absolute atomic E-state index is 6.01. The zero-order chi connectivity index (χ0) is 17.2. The van der Waals surface area contributed by atoms with Crippen molar-refractivity contribution in [2.75, 3.05) is 12.8 Å². The Kier molecular flexibility index (Phi) is 3.70. The zero-order valence-electron chi connectivity index (χ0n) is 13.6. The van der Waals surface area contributed by atoms with E-state index in [1.807, 2.05) is 54.6 Å². The zero-order valence-corrected chi connectivity index (χ0v) is 13.6. The monoisotopic (exact) mass is 332 g/mol. The highest BCUT2D eigenvalue weighted by Gasteiger charge is 2.15. The van der Waals surface area contributed by atoms with Gasteiger partial charge >= 0.3 is 0 Å². The summed E-state index contributed by atoms with van der Waals surface area (Å²) in [5.41, 5.74) is 8.40. The Bertz CT molecular complexity index is 1010. The Labute approximate surface area is 144 Å². The second-order valence-corrected chi connectivity index (χ2v) is 5.47. The molecule has 2 aromatic carbocycles. The van der Waals surface area contributed by atoms with E-state index in [2.05, 4.69) is 15.2 Å². The van der Waals surface area contributed by atoms with E-state index in [1.54, 1.807) is 13.3 Å². The number of methoxy groups -OCH3 is 1. The molecule has 25 heavy (non-hydrogen) atoms. The summed E-state index contributed by atoms with van der Waals surface area (Å²) in [5, 5.41) is 7.72. The summed E-state index contributed by atoms with van der Waals surface area (Å²) in [6.07, 6.45) is 1.66. The SMILES string of the molecule is COc1cnc(-c2ccc(Oc3ccccc3)cc2)c2c(N)n[nH]c12. The molecule has 0 atom stereocenters. The van der Waals surface area contributed by atoms with Gasteiger partial charge in [-0.15, -0.1) is 0 Å². The van der Waals surface area contributed by atoms with Gasteiger partial charge in [0.25, 0.3) is 0 Å². The molecule has 0 unspecified atom stereocenters. The Balaban J connectivity index is 1.71. The van der Waals surface area contributed by atoms with Crippen molar-refractivity contribution < 1.29 is 9.47 Å². The molecule has 0 radical (unpaired) electrons. The second-order valence-electron chi connectivity index (χ2n) is 5.47. The third kappa shape index (κ3) is 2.74. The average Bonchev–Trinajstić information content (AvgIpc) is 3.05. The van der Waals surface area contributed by atoms with Crippen LogP contribution in [-0.4, -0.2) is 22.3 Å². The quantitative estimate of drug-likeness (QED) is 0.590. The van der Waals surface area contributed by atoms with Crippen molar-refractivity contribution in [2.24, 2.45) is 0 Å². The van der Waals surface area contributed by atoms with Gasteiger partial charge in [-0.3, -0.25) is 10.1 Å². The predicted molar refractivity (Wildman–Crippen MR) is 96.8 cm³/mol. The number of nitrogens with zero attached hydrogens (tertiary/aromatic N) is 2. The second kappa shape index (κ2) is 6.16. The van der Waals surface area contributed by atoms with E-state index < -0.39 is 0 Å². The highest BCUT2D eigenvalue weighted by molar-refractivity contribution is 6.02. The van der Waals surface area contributed by atoms with Crippen LogP contribution in [0, 0.1) is 0 Å². The normalized spacial score (nSPS) is 10.8. The summed E-state index contributed by atoms with van der Waals surface area (Å²) in [6.45, 7) is 0. The number of aromatic amines is 1. The third-order valence-corrected chi connectivity index (χ3v) is 3.91.